The summed E-state index contributed by atoms with van der Waals surface area (Å²) in [5.74, 6) is -0.375. The standard InChI is InChI=1S/C15H18N4O3S/c1-18(9-8-13(20)21)15(22)17-14-12(23-2)10-16-19(14)11-6-4-3-5-7-11/h3-7,10H,8-9H2,1-2H3,(H,17,22)(H,20,21). The van der Waals surface area contributed by atoms with Crippen molar-refractivity contribution in [1.82, 2.24) is 14.7 Å². The first kappa shape index (κ1) is 16.9. The Morgan fingerprint density at radius 2 is 2.04 bits per heavy atom. The minimum absolute atomic E-state index is 0.0999. The van der Waals surface area contributed by atoms with Gasteiger partial charge in [0.2, 0.25) is 0 Å². The lowest BCUT2D eigenvalue weighted by atomic mass is 10.3. The monoisotopic (exact) mass is 334 g/mol. The van der Waals surface area contributed by atoms with Crippen molar-refractivity contribution in [2.45, 2.75) is 11.3 Å². The molecule has 0 spiro atoms. The number of urea groups is 1. The van der Waals surface area contributed by atoms with Gasteiger partial charge in [-0.3, -0.25) is 10.1 Å². The van der Waals surface area contributed by atoms with Gasteiger partial charge in [0, 0.05) is 13.6 Å². The van der Waals surface area contributed by atoms with Gasteiger partial charge in [-0.2, -0.15) is 5.10 Å². The number of carboxylic acids is 1. The van der Waals surface area contributed by atoms with Crippen LogP contribution in [0.5, 0.6) is 0 Å². The van der Waals surface area contributed by atoms with Crippen LogP contribution in [0.2, 0.25) is 0 Å². The molecule has 2 amide bonds. The molecule has 2 rings (SSSR count). The van der Waals surface area contributed by atoms with Crippen LogP contribution in [0, 0.1) is 0 Å². The number of aromatic nitrogens is 2. The van der Waals surface area contributed by atoms with Gasteiger partial charge in [-0.25, -0.2) is 9.48 Å². The number of aliphatic carboxylic acids is 1. The highest BCUT2D eigenvalue weighted by molar-refractivity contribution is 7.98. The fourth-order valence-corrected chi connectivity index (χ4v) is 2.41. The fraction of sp³-hybridized carbons (Fsp3) is 0.267. The van der Waals surface area contributed by atoms with Crippen LogP contribution in [0.25, 0.3) is 5.69 Å². The number of thioether (sulfide) groups is 1. The van der Waals surface area contributed by atoms with Crippen molar-refractivity contribution in [3.05, 3.63) is 36.5 Å². The Labute approximate surface area is 138 Å². The van der Waals surface area contributed by atoms with Gasteiger partial charge in [-0.05, 0) is 18.4 Å². The molecule has 0 aliphatic heterocycles. The molecule has 1 heterocycles. The molecule has 8 heteroatoms. The summed E-state index contributed by atoms with van der Waals surface area (Å²) in [6, 6.07) is 9.09. The van der Waals surface area contributed by atoms with E-state index in [4.69, 9.17) is 5.11 Å². The second-order valence-electron chi connectivity index (χ2n) is 4.80. The number of amides is 2. The lowest BCUT2D eigenvalue weighted by Crippen LogP contribution is -2.33. The van der Waals surface area contributed by atoms with Gasteiger partial charge in [-0.1, -0.05) is 18.2 Å². The van der Waals surface area contributed by atoms with Gasteiger partial charge in [-0.15, -0.1) is 11.8 Å². The summed E-state index contributed by atoms with van der Waals surface area (Å²) >= 11 is 1.47. The second-order valence-corrected chi connectivity index (χ2v) is 5.65. The largest absolute Gasteiger partial charge is 0.481 e. The second kappa shape index (κ2) is 7.68. The smallest absolute Gasteiger partial charge is 0.322 e. The van der Waals surface area contributed by atoms with Crippen molar-refractivity contribution in [2.24, 2.45) is 0 Å². The molecule has 0 aliphatic rings. The molecule has 1 aromatic heterocycles. The third-order valence-electron chi connectivity index (χ3n) is 3.19. The zero-order chi connectivity index (χ0) is 16.8. The molecule has 2 N–H and O–H groups in total. The van der Waals surface area contributed by atoms with Gasteiger partial charge in [0.1, 0.15) is 0 Å². The number of hydrogen-bond acceptors (Lipinski definition) is 4. The molecule has 0 radical (unpaired) electrons. The number of anilines is 1. The third kappa shape index (κ3) is 4.26. The van der Waals surface area contributed by atoms with Crippen LogP contribution in [0.3, 0.4) is 0 Å². The maximum absolute atomic E-state index is 12.2. The highest BCUT2D eigenvalue weighted by atomic mass is 32.2. The summed E-state index contributed by atoms with van der Waals surface area (Å²) in [5.41, 5.74) is 0.830. The van der Waals surface area contributed by atoms with Crippen LogP contribution in [0.15, 0.2) is 41.4 Å². The molecule has 122 valence electrons. The van der Waals surface area contributed by atoms with Crippen LogP contribution in [0.1, 0.15) is 6.42 Å². The molecule has 0 saturated heterocycles. The van der Waals surface area contributed by atoms with E-state index < -0.39 is 5.97 Å². The van der Waals surface area contributed by atoms with Gasteiger partial charge < -0.3 is 10.0 Å². The van der Waals surface area contributed by atoms with E-state index in [0.29, 0.717) is 5.82 Å². The highest BCUT2D eigenvalue weighted by Gasteiger charge is 2.17. The van der Waals surface area contributed by atoms with Crippen LogP contribution >= 0.6 is 11.8 Å². The summed E-state index contributed by atoms with van der Waals surface area (Å²) in [6.07, 6.45) is 3.48. The summed E-state index contributed by atoms with van der Waals surface area (Å²) < 4.78 is 1.65. The van der Waals surface area contributed by atoms with E-state index in [2.05, 4.69) is 10.4 Å². The summed E-state index contributed by atoms with van der Waals surface area (Å²) in [4.78, 5) is 25.0. The van der Waals surface area contributed by atoms with Crippen LogP contribution in [-0.2, 0) is 4.79 Å². The van der Waals surface area contributed by atoms with E-state index in [1.54, 1.807) is 17.9 Å². The highest BCUT2D eigenvalue weighted by Crippen LogP contribution is 2.27. The van der Waals surface area contributed by atoms with E-state index in [0.717, 1.165) is 10.6 Å². The molecule has 0 fully saturated rings. The molecule has 7 nitrogen and oxygen atoms in total. The van der Waals surface area contributed by atoms with Crippen molar-refractivity contribution >= 4 is 29.6 Å². The van der Waals surface area contributed by atoms with Gasteiger partial charge >= 0.3 is 12.0 Å². The minimum Gasteiger partial charge on any atom is -0.481 e. The molecule has 0 saturated carbocycles. The number of benzene rings is 1. The molecule has 1 aromatic carbocycles. The van der Waals surface area contributed by atoms with Crippen molar-refractivity contribution in [1.29, 1.82) is 0 Å². The van der Waals surface area contributed by atoms with Crippen molar-refractivity contribution in [3.63, 3.8) is 0 Å². The first-order chi connectivity index (χ1) is 11.0. The minimum atomic E-state index is -0.941. The lowest BCUT2D eigenvalue weighted by Gasteiger charge is -2.18. The van der Waals surface area contributed by atoms with Gasteiger partial charge in [0.15, 0.2) is 5.82 Å². The van der Waals surface area contributed by atoms with Crippen molar-refractivity contribution in [3.8, 4) is 5.69 Å². The number of hydrogen-bond donors (Lipinski definition) is 2. The topological polar surface area (TPSA) is 87.5 Å². The fourth-order valence-electron chi connectivity index (χ4n) is 1.92. The number of nitrogens with one attached hydrogen (secondary N) is 1. The van der Waals surface area contributed by atoms with Crippen molar-refractivity contribution in [2.75, 3.05) is 25.2 Å². The number of carboxylic acid groups (broad SMARTS) is 1. The predicted molar refractivity (Wildman–Crippen MR) is 89.2 cm³/mol. The lowest BCUT2D eigenvalue weighted by molar-refractivity contribution is -0.137. The van der Waals surface area contributed by atoms with E-state index >= 15 is 0 Å². The Hall–Kier alpha value is -2.48. The van der Waals surface area contributed by atoms with Gasteiger partial charge in [0.05, 0.1) is 23.2 Å². The Morgan fingerprint density at radius 1 is 1.35 bits per heavy atom. The molecule has 0 aliphatic carbocycles. The molecule has 0 bridgehead atoms. The SMILES string of the molecule is CSc1cnn(-c2ccccc2)c1NC(=O)N(C)CCC(=O)O. The zero-order valence-corrected chi connectivity index (χ0v) is 13.7. The average molecular weight is 334 g/mol. The summed E-state index contributed by atoms with van der Waals surface area (Å²) in [5, 5.41) is 15.8. The maximum atomic E-state index is 12.2. The van der Waals surface area contributed by atoms with Crippen LogP contribution in [0.4, 0.5) is 10.6 Å². The van der Waals surface area contributed by atoms with Crippen molar-refractivity contribution < 1.29 is 14.7 Å². The summed E-state index contributed by atoms with van der Waals surface area (Å²) in [6.45, 7) is 0.134. The first-order valence-electron chi connectivity index (χ1n) is 6.94. The Morgan fingerprint density at radius 3 is 2.65 bits per heavy atom. The van der Waals surface area contributed by atoms with Gasteiger partial charge in [0.25, 0.3) is 0 Å². The normalized spacial score (nSPS) is 10.3. The van der Waals surface area contributed by atoms with Crippen LogP contribution < -0.4 is 5.32 Å². The zero-order valence-electron chi connectivity index (χ0n) is 12.9. The predicted octanol–water partition coefficient (Wildman–Crippen LogP) is 2.53. The Kier molecular flexibility index (Phi) is 5.64. The molecule has 23 heavy (non-hydrogen) atoms. The third-order valence-corrected chi connectivity index (χ3v) is 3.93. The maximum Gasteiger partial charge on any atom is 0.322 e. The average Bonchev–Trinajstić information content (AvgIpc) is 2.95. The molecular formula is C15H18N4O3S. The first-order valence-corrected chi connectivity index (χ1v) is 8.16. The number of nitrogens with zero attached hydrogens (tertiary/aromatic N) is 3. The van der Waals surface area contributed by atoms with E-state index in [1.165, 1.54) is 16.7 Å². The molecular weight excluding hydrogens is 316 g/mol. The quantitative estimate of drug-likeness (QED) is 0.793. The van der Waals surface area contributed by atoms with E-state index in [9.17, 15) is 9.59 Å². The van der Waals surface area contributed by atoms with E-state index in [1.807, 2.05) is 36.6 Å². The van der Waals surface area contributed by atoms with Crippen LogP contribution in [-0.4, -0.2) is 51.6 Å². The number of rotatable bonds is 6. The molecule has 2 aromatic rings. The molecule has 0 unspecified atom stereocenters. The Balaban J connectivity index is 2.20. The summed E-state index contributed by atoms with van der Waals surface area (Å²) in [7, 11) is 1.56. The van der Waals surface area contributed by atoms with E-state index in [-0.39, 0.29) is 19.0 Å². The molecule has 0 atom stereocenters. The number of carbonyl (C=O) groups excluding carboxylic acids is 1. The number of carbonyl (C=O) groups is 2. The number of para-hydroxylation sites is 1. The Bertz CT molecular complexity index is 687.